The average Bonchev–Trinajstić information content (AvgIpc) is 2.22. The second-order valence-electron chi connectivity index (χ2n) is 3.01. The van der Waals surface area contributed by atoms with Gasteiger partial charge in [-0.15, -0.1) is 13.2 Å². The van der Waals surface area contributed by atoms with Crippen LogP contribution in [0.4, 0.5) is 18.9 Å². The number of rotatable bonds is 5. The molecule has 1 aromatic rings. The fourth-order valence-corrected chi connectivity index (χ4v) is 1.28. The molecule has 0 fully saturated rings. The molecule has 0 amide bonds. The Morgan fingerprint density at radius 2 is 2.00 bits per heavy atom. The average molecular weight is 286 g/mol. The van der Waals surface area contributed by atoms with E-state index >= 15 is 0 Å². The maximum Gasteiger partial charge on any atom is 0.522 e. The first-order valence-corrected chi connectivity index (χ1v) is 4.95. The van der Waals surface area contributed by atoms with E-state index in [2.05, 4.69) is 4.74 Å². The molecule has 0 aliphatic rings. The van der Waals surface area contributed by atoms with Crippen LogP contribution in [0.25, 0.3) is 0 Å². The smallest absolute Gasteiger partial charge is 0.491 e. The van der Waals surface area contributed by atoms with Crippen molar-refractivity contribution in [3.8, 4) is 5.75 Å². The highest BCUT2D eigenvalue weighted by Crippen LogP contribution is 2.28. The number of halogens is 4. The molecule has 0 aliphatic carbocycles. The van der Waals surface area contributed by atoms with Gasteiger partial charge in [-0.3, -0.25) is 14.9 Å². The molecule has 1 rings (SSSR count). The molecule has 5 nitrogen and oxygen atoms in total. The van der Waals surface area contributed by atoms with Gasteiger partial charge in [-0.05, 0) is 6.07 Å². The lowest BCUT2D eigenvalue weighted by atomic mass is 10.3. The van der Waals surface area contributed by atoms with Crippen LogP contribution < -0.4 is 4.74 Å². The van der Waals surface area contributed by atoms with Gasteiger partial charge in [-0.1, -0.05) is 11.6 Å². The third kappa shape index (κ3) is 4.76. The summed E-state index contributed by atoms with van der Waals surface area (Å²) in [6.45, 7) is -1.04. The van der Waals surface area contributed by atoms with E-state index in [-0.39, 0.29) is 23.1 Å². The summed E-state index contributed by atoms with van der Waals surface area (Å²) in [6, 6.07) is 3.48. The van der Waals surface area contributed by atoms with E-state index in [1.165, 1.54) is 6.07 Å². The second-order valence-corrected chi connectivity index (χ2v) is 3.42. The first-order chi connectivity index (χ1) is 8.29. The third-order valence-corrected chi connectivity index (χ3v) is 2.04. The number of nitrogens with zero attached hydrogens (tertiary/aromatic N) is 1. The number of alkyl halides is 3. The summed E-state index contributed by atoms with van der Waals surface area (Å²) >= 11 is 5.58. The Hall–Kier alpha value is -1.54. The Morgan fingerprint density at radius 3 is 2.50 bits per heavy atom. The zero-order valence-corrected chi connectivity index (χ0v) is 9.49. The molecule has 9 heteroatoms. The minimum atomic E-state index is -4.71. The van der Waals surface area contributed by atoms with Crippen molar-refractivity contribution in [2.75, 3.05) is 13.2 Å². The molecule has 0 saturated carbocycles. The van der Waals surface area contributed by atoms with Crippen LogP contribution in [0.15, 0.2) is 18.2 Å². The van der Waals surface area contributed by atoms with Gasteiger partial charge in [0.25, 0.3) is 5.69 Å². The molecular formula is C9H7ClF3NO4. The van der Waals surface area contributed by atoms with E-state index in [0.717, 1.165) is 12.1 Å². The number of benzene rings is 1. The van der Waals surface area contributed by atoms with Crippen LogP contribution in [0.5, 0.6) is 5.75 Å². The lowest BCUT2D eigenvalue weighted by Crippen LogP contribution is -2.18. The number of hydrogen-bond donors (Lipinski definition) is 0. The molecule has 0 N–H and O–H groups in total. The molecule has 0 unspecified atom stereocenters. The molecule has 1 aromatic carbocycles. The quantitative estimate of drug-likeness (QED) is 0.473. The van der Waals surface area contributed by atoms with Gasteiger partial charge in [0.15, 0.2) is 0 Å². The zero-order chi connectivity index (χ0) is 13.8. The molecule has 0 saturated heterocycles. The van der Waals surface area contributed by atoms with E-state index < -0.39 is 17.9 Å². The predicted molar refractivity (Wildman–Crippen MR) is 55.6 cm³/mol. The Balaban J connectivity index is 2.49. The van der Waals surface area contributed by atoms with Crippen LogP contribution in [-0.2, 0) is 4.74 Å². The summed E-state index contributed by atoms with van der Waals surface area (Å²) in [6.07, 6.45) is -4.71. The van der Waals surface area contributed by atoms with Gasteiger partial charge in [0.05, 0.1) is 11.5 Å². The lowest BCUT2D eigenvalue weighted by Gasteiger charge is -2.09. The maximum atomic E-state index is 11.6. The first kappa shape index (κ1) is 14.5. The van der Waals surface area contributed by atoms with Crippen molar-refractivity contribution in [1.82, 2.24) is 0 Å². The van der Waals surface area contributed by atoms with Crippen LogP contribution in [-0.4, -0.2) is 24.5 Å². The summed E-state index contributed by atoms with van der Waals surface area (Å²) in [5, 5.41) is 10.3. The Morgan fingerprint density at radius 1 is 1.33 bits per heavy atom. The predicted octanol–water partition coefficient (Wildman–Crippen LogP) is 3.16. The molecule has 0 aromatic heterocycles. The molecule has 18 heavy (non-hydrogen) atoms. The highest BCUT2D eigenvalue weighted by atomic mass is 35.5. The minimum absolute atomic E-state index is 0.122. The Kier molecular flexibility index (Phi) is 4.74. The van der Waals surface area contributed by atoms with E-state index in [0.29, 0.717) is 0 Å². The van der Waals surface area contributed by atoms with E-state index in [4.69, 9.17) is 16.3 Å². The van der Waals surface area contributed by atoms with Crippen molar-refractivity contribution < 1.29 is 27.6 Å². The fourth-order valence-electron chi connectivity index (χ4n) is 1.04. The van der Waals surface area contributed by atoms with Gasteiger partial charge in [-0.2, -0.15) is 0 Å². The molecular weight excluding hydrogens is 279 g/mol. The molecule has 0 atom stereocenters. The molecule has 0 spiro atoms. The molecule has 0 heterocycles. The van der Waals surface area contributed by atoms with Gasteiger partial charge < -0.3 is 4.74 Å². The lowest BCUT2D eigenvalue weighted by molar-refractivity contribution is -0.384. The molecule has 100 valence electrons. The van der Waals surface area contributed by atoms with Crippen LogP contribution in [0.3, 0.4) is 0 Å². The standard InChI is InChI=1S/C9H7ClF3NO4/c10-7-5-6(1-2-8(7)14(15)16)17-3-4-18-9(11,12)13/h1-2,5H,3-4H2. The van der Waals surface area contributed by atoms with E-state index in [1.54, 1.807) is 0 Å². The Bertz CT molecular complexity index is 438. The SMILES string of the molecule is O=[N+]([O-])c1ccc(OCCOC(F)(F)F)cc1Cl. The summed E-state index contributed by atoms with van der Waals surface area (Å²) in [5.41, 5.74) is -0.310. The van der Waals surface area contributed by atoms with Crippen LogP contribution in [0.2, 0.25) is 5.02 Å². The topological polar surface area (TPSA) is 61.6 Å². The van der Waals surface area contributed by atoms with Gasteiger partial charge >= 0.3 is 6.36 Å². The Labute approximate surface area is 104 Å². The van der Waals surface area contributed by atoms with Crippen molar-refractivity contribution in [3.05, 3.63) is 33.3 Å². The monoisotopic (exact) mass is 285 g/mol. The van der Waals surface area contributed by atoms with Crippen molar-refractivity contribution >= 4 is 17.3 Å². The summed E-state index contributed by atoms with van der Waals surface area (Å²) in [5.74, 6) is 0.122. The molecule has 0 bridgehead atoms. The highest BCUT2D eigenvalue weighted by Gasteiger charge is 2.28. The van der Waals surface area contributed by atoms with Gasteiger partial charge in [0.1, 0.15) is 17.4 Å². The number of ether oxygens (including phenoxy) is 2. The zero-order valence-electron chi connectivity index (χ0n) is 8.74. The second kappa shape index (κ2) is 5.87. The molecule has 0 aliphatic heterocycles. The van der Waals surface area contributed by atoms with Crippen LogP contribution >= 0.6 is 11.6 Å². The van der Waals surface area contributed by atoms with Gasteiger partial charge in [0, 0.05) is 12.1 Å². The first-order valence-electron chi connectivity index (χ1n) is 4.57. The number of nitro groups is 1. The fraction of sp³-hybridized carbons (Fsp3) is 0.333. The minimum Gasteiger partial charge on any atom is -0.491 e. The van der Waals surface area contributed by atoms with E-state index in [1.807, 2.05) is 0 Å². The summed E-state index contributed by atoms with van der Waals surface area (Å²) < 4.78 is 43.2. The van der Waals surface area contributed by atoms with Gasteiger partial charge in [-0.25, -0.2) is 0 Å². The molecule has 0 radical (unpaired) electrons. The maximum absolute atomic E-state index is 11.6. The van der Waals surface area contributed by atoms with E-state index in [9.17, 15) is 23.3 Å². The third-order valence-electron chi connectivity index (χ3n) is 1.73. The van der Waals surface area contributed by atoms with Gasteiger partial charge in [0.2, 0.25) is 0 Å². The largest absolute Gasteiger partial charge is 0.522 e. The number of hydrogen-bond acceptors (Lipinski definition) is 4. The normalized spacial score (nSPS) is 11.3. The van der Waals surface area contributed by atoms with Crippen LogP contribution in [0, 0.1) is 10.1 Å². The van der Waals surface area contributed by atoms with Crippen molar-refractivity contribution in [2.45, 2.75) is 6.36 Å². The van der Waals surface area contributed by atoms with Crippen LogP contribution in [0.1, 0.15) is 0 Å². The number of nitro benzene ring substituents is 1. The summed E-state index contributed by atoms with van der Waals surface area (Å²) in [7, 11) is 0. The van der Waals surface area contributed by atoms with Crippen molar-refractivity contribution in [3.63, 3.8) is 0 Å². The summed E-state index contributed by atoms with van der Waals surface area (Å²) in [4.78, 5) is 9.76. The van der Waals surface area contributed by atoms with Crippen molar-refractivity contribution in [2.24, 2.45) is 0 Å². The van der Waals surface area contributed by atoms with Crippen molar-refractivity contribution in [1.29, 1.82) is 0 Å². The highest BCUT2D eigenvalue weighted by molar-refractivity contribution is 6.32.